The van der Waals surface area contributed by atoms with E-state index in [-0.39, 0.29) is 11.9 Å². The molecule has 2 atom stereocenters. The van der Waals surface area contributed by atoms with Crippen molar-refractivity contribution < 1.29 is 4.79 Å². The van der Waals surface area contributed by atoms with Crippen molar-refractivity contribution >= 4 is 22.7 Å². The van der Waals surface area contributed by atoms with Crippen LogP contribution in [-0.2, 0) is 0 Å². The number of fused-ring (bicyclic) bond motifs is 3. The fraction of sp³-hybridized carbons (Fsp3) is 0.571. The number of carbonyl (C=O) groups excluding carboxylic acids is 1. The van der Waals surface area contributed by atoms with Gasteiger partial charge in [-0.15, -0.1) is 0 Å². The molecule has 2 aliphatic rings. The van der Waals surface area contributed by atoms with Gasteiger partial charge in [-0.2, -0.15) is 0 Å². The predicted molar refractivity (Wildman–Crippen MR) is 108 cm³/mol. The minimum atomic E-state index is 0.216. The highest BCUT2D eigenvalue weighted by molar-refractivity contribution is 5.76. The van der Waals surface area contributed by atoms with Gasteiger partial charge in [0.15, 0.2) is 5.65 Å². The van der Waals surface area contributed by atoms with Crippen LogP contribution in [0.25, 0.3) is 16.7 Å². The van der Waals surface area contributed by atoms with E-state index in [0.717, 1.165) is 67.9 Å². The molecule has 2 saturated heterocycles. The van der Waals surface area contributed by atoms with Gasteiger partial charge in [0, 0.05) is 38.3 Å². The zero-order valence-corrected chi connectivity index (χ0v) is 16.5. The molecular weight excluding hydrogens is 352 g/mol. The van der Waals surface area contributed by atoms with E-state index in [2.05, 4.69) is 31.1 Å². The van der Waals surface area contributed by atoms with E-state index in [1.54, 1.807) is 0 Å². The number of aromatic amines is 1. The summed E-state index contributed by atoms with van der Waals surface area (Å²) in [6.45, 7) is 5.67. The highest BCUT2D eigenvalue weighted by Crippen LogP contribution is 2.33. The summed E-state index contributed by atoms with van der Waals surface area (Å²) in [5, 5.41) is 0. The molecule has 2 aliphatic heterocycles. The Balaban J connectivity index is 1.45. The summed E-state index contributed by atoms with van der Waals surface area (Å²) in [6, 6.07) is 2.27. The Morgan fingerprint density at radius 2 is 1.86 bits per heavy atom. The highest BCUT2D eigenvalue weighted by atomic mass is 16.2. The van der Waals surface area contributed by atoms with Crippen molar-refractivity contribution in [3.05, 3.63) is 30.5 Å². The Hall–Kier alpha value is -2.57. The number of urea groups is 1. The third-order valence-electron chi connectivity index (χ3n) is 6.52. The molecule has 1 N–H and O–H groups in total. The van der Waals surface area contributed by atoms with Crippen LogP contribution in [0.5, 0.6) is 0 Å². The maximum absolute atomic E-state index is 13.2. The van der Waals surface area contributed by atoms with Gasteiger partial charge in [0.1, 0.15) is 5.82 Å². The third kappa shape index (κ3) is 2.93. The number of hydrogen-bond acceptors (Lipinski definition) is 3. The summed E-state index contributed by atoms with van der Waals surface area (Å²) in [5.41, 5.74) is 2.92. The number of amides is 2. The summed E-state index contributed by atoms with van der Waals surface area (Å²) in [4.78, 5) is 29.7. The number of hydrogen-bond donors (Lipinski definition) is 1. The SMILES string of the molecule is CC1CCN(C(=O)N2CCCCCC2)CC1c1ncc2cnc3[nH]ccc3n12. The van der Waals surface area contributed by atoms with Crippen LogP contribution < -0.4 is 0 Å². The molecule has 0 spiro atoms. The summed E-state index contributed by atoms with van der Waals surface area (Å²) >= 11 is 0. The molecule has 148 valence electrons. The van der Waals surface area contributed by atoms with Crippen molar-refractivity contribution in [2.75, 3.05) is 26.2 Å². The van der Waals surface area contributed by atoms with Crippen LogP contribution in [0, 0.1) is 5.92 Å². The number of piperidine rings is 1. The lowest BCUT2D eigenvalue weighted by atomic mass is 9.86. The first-order chi connectivity index (χ1) is 13.7. The number of likely N-dealkylation sites (tertiary alicyclic amines) is 2. The number of rotatable bonds is 1. The Morgan fingerprint density at radius 3 is 2.68 bits per heavy atom. The van der Waals surface area contributed by atoms with Crippen molar-refractivity contribution in [1.82, 2.24) is 29.2 Å². The molecule has 3 aromatic rings. The second-order valence-corrected chi connectivity index (χ2v) is 8.35. The van der Waals surface area contributed by atoms with Crippen LogP contribution in [0.2, 0.25) is 0 Å². The quantitative estimate of drug-likeness (QED) is 0.701. The largest absolute Gasteiger partial charge is 0.345 e. The third-order valence-corrected chi connectivity index (χ3v) is 6.52. The lowest BCUT2D eigenvalue weighted by Crippen LogP contribution is -2.49. The van der Waals surface area contributed by atoms with Gasteiger partial charge in [-0.1, -0.05) is 19.8 Å². The Kier molecular flexibility index (Phi) is 4.45. The summed E-state index contributed by atoms with van der Waals surface area (Å²) in [6.07, 6.45) is 11.4. The molecule has 2 fully saturated rings. The zero-order valence-electron chi connectivity index (χ0n) is 16.5. The molecule has 0 saturated carbocycles. The van der Waals surface area contributed by atoms with Crippen LogP contribution in [0.15, 0.2) is 24.7 Å². The van der Waals surface area contributed by atoms with E-state index in [1.807, 2.05) is 24.7 Å². The Labute approximate surface area is 164 Å². The average molecular weight is 380 g/mol. The van der Waals surface area contributed by atoms with Crippen molar-refractivity contribution in [3.8, 4) is 0 Å². The number of imidazole rings is 1. The summed E-state index contributed by atoms with van der Waals surface area (Å²) in [5.74, 6) is 1.76. The number of nitrogens with zero attached hydrogens (tertiary/aromatic N) is 5. The van der Waals surface area contributed by atoms with E-state index in [4.69, 9.17) is 4.98 Å². The van der Waals surface area contributed by atoms with Crippen molar-refractivity contribution in [3.63, 3.8) is 0 Å². The van der Waals surface area contributed by atoms with Gasteiger partial charge in [-0.3, -0.25) is 4.40 Å². The van der Waals surface area contributed by atoms with Crippen molar-refractivity contribution in [2.45, 2.75) is 44.9 Å². The molecule has 7 heteroatoms. The molecule has 7 nitrogen and oxygen atoms in total. The second-order valence-electron chi connectivity index (χ2n) is 8.35. The molecule has 0 bridgehead atoms. The lowest BCUT2D eigenvalue weighted by molar-refractivity contribution is 0.125. The highest BCUT2D eigenvalue weighted by Gasteiger charge is 2.34. The topological polar surface area (TPSA) is 69.5 Å². The maximum atomic E-state index is 13.2. The van der Waals surface area contributed by atoms with Crippen LogP contribution in [0.3, 0.4) is 0 Å². The van der Waals surface area contributed by atoms with Gasteiger partial charge in [-0.05, 0) is 31.2 Å². The van der Waals surface area contributed by atoms with Gasteiger partial charge in [0.05, 0.1) is 23.4 Å². The zero-order chi connectivity index (χ0) is 19.1. The second kappa shape index (κ2) is 7.11. The van der Waals surface area contributed by atoms with E-state index >= 15 is 0 Å². The minimum Gasteiger partial charge on any atom is -0.345 e. The molecule has 0 aliphatic carbocycles. The maximum Gasteiger partial charge on any atom is 0.320 e. The molecular formula is C21H28N6O. The molecule has 28 heavy (non-hydrogen) atoms. The molecule has 3 aromatic heterocycles. The van der Waals surface area contributed by atoms with Crippen LogP contribution in [0.1, 0.15) is 50.8 Å². The number of nitrogens with one attached hydrogen (secondary N) is 1. The number of carbonyl (C=O) groups is 1. The molecule has 2 amide bonds. The summed E-state index contributed by atoms with van der Waals surface area (Å²) in [7, 11) is 0. The van der Waals surface area contributed by atoms with Crippen LogP contribution in [0.4, 0.5) is 4.79 Å². The van der Waals surface area contributed by atoms with Crippen LogP contribution >= 0.6 is 0 Å². The first-order valence-electron chi connectivity index (χ1n) is 10.6. The van der Waals surface area contributed by atoms with Crippen molar-refractivity contribution in [2.24, 2.45) is 5.92 Å². The smallest absolute Gasteiger partial charge is 0.320 e. The number of aromatic nitrogens is 4. The molecule has 0 radical (unpaired) electrons. The molecule has 0 aromatic carbocycles. The molecule has 5 heterocycles. The van der Waals surface area contributed by atoms with E-state index in [0.29, 0.717) is 5.92 Å². The van der Waals surface area contributed by atoms with Gasteiger partial charge >= 0.3 is 6.03 Å². The Bertz CT molecular complexity index is 983. The minimum absolute atomic E-state index is 0.216. The standard InChI is InChI=1S/C21H28N6O/c1-15-7-11-26(21(28)25-9-4-2-3-5-10-25)14-17(15)20-24-13-16-12-23-19-18(27(16)20)6-8-22-19/h6,8,12-13,15,17,22H,2-5,7,9-11,14H2,1H3. The van der Waals surface area contributed by atoms with E-state index < -0.39 is 0 Å². The van der Waals surface area contributed by atoms with Gasteiger partial charge < -0.3 is 14.8 Å². The van der Waals surface area contributed by atoms with Gasteiger partial charge in [0.25, 0.3) is 0 Å². The summed E-state index contributed by atoms with van der Waals surface area (Å²) < 4.78 is 2.21. The fourth-order valence-corrected chi connectivity index (χ4v) is 4.80. The van der Waals surface area contributed by atoms with Crippen LogP contribution in [-0.4, -0.2) is 61.4 Å². The number of H-pyrrole nitrogens is 1. The monoisotopic (exact) mass is 380 g/mol. The molecule has 2 unspecified atom stereocenters. The first kappa shape index (κ1) is 17.5. The van der Waals surface area contributed by atoms with Gasteiger partial charge in [-0.25, -0.2) is 14.8 Å². The lowest BCUT2D eigenvalue weighted by Gasteiger charge is -2.39. The fourth-order valence-electron chi connectivity index (χ4n) is 4.80. The Morgan fingerprint density at radius 1 is 1.07 bits per heavy atom. The molecule has 5 rings (SSSR count). The predicted octanol–water partition coefficient (Wildman–Crippen LogP) is 3.63. The average Bonchev–Trinajstić information content (AvgIpc) is 3.26. The van der Waals surface area contributed by atoms with E-state index in [9.17, 15) is 4.79 Å². The first-order valence-corrected chi connectivity index (χ1v) is 10.6. The van der Waals surface area contributed by atoms with Crippen molar-refractivity contribution in [1.29, 1.82) is 0 Å². The van der Waals surface area contributed by atoms with E-state index in [1.165, 1.54) is 12.8 Å². The van der Waals surface area contributed by atoms with Gasteiger partial charge in [0.2, 0.25) is 0 Å². The normalized spacial score (nSPS) is 24.0.